The van der Waals surface area contributed by atoms with E-state index in [9.17, 15) is 0 Å². The summed E-state index contributed by atoms with van der Waals surface area (Å²) < 4.78 is 0. The highest BCUT2D eigenvalue weighted by atomic mass is 35.5. The topological polar surface area (TPSA) is 0 Å². The number of aryl methyl sites for hydroxylation is 4. The molecule has 0 aliphatic carbocycles. The van der Waals surface area contributed by atoms with Gasteiger partial charge in [-0.3, -0.25) is 0 Å². The normalized spacial score (nSPS) is 12.5. The molecule has 0 saturated carbocycles. The molecule has 0 aliphatic heterocycles. The van der Waals surface area contributed by atoms with Gasteiger partial charge in [-0.25, -0.2) is 0 Å². The van der Waals surface area contributed by atoms with Crippen LogP contribution in [0.1, 0.15) is 38.8 Å². The molecule has 0 bridgehead atoms. The van der Waals surface area contributed by atoms with Gasteiger partial charge in [-0.15, -0.1) is 11.6 Å². The molecule has 0 nitrogen and oxygen atoms in total. The van der Waals surface area contributed by atoms with E-state index >= 15 is 0 Å². The summed E-state index contributed by atoms with van der Waals surface area (Å²) in [6.45, 7) is 8.37. The van der Waals surface area contributed by atoms with Crippen molar-refractivity contribution in [2.24, 2.45) is 0 Å². The Morgan fingerprint density at radius 1 is 0.789 bits per heavy atom. The molecule has 0 N–H and O–H groups in total. The van der Waals surface area contributed by atoms with E-state index in [1.54, 1.807) is 0 Å². The summed E-state index contributed by atoms with van der Waals surface area (Å²) in [5.41, 5.74) is 7.11. The fraction of sp³-hybridized carbons (Fsp3) is 0.294. The maximum absolute atomic E-state index is 6.68. The molecule has 19 heavy (non-hydrogen) atoms. The number of alkyl halides is 1. The Hall–Kier alpha value is -0.980. The standard InChI is InChI=1S/C17H18Cl2/c1-10-5-12(3)16(13(4)6-10)17(19)14-7-11(2)8-15(18)9-14/h5-9,17H,1-4H3. The van der Waals surface area contributed by atoms with Crippen molar-refractivity contribution in [3.05, 3.63) is 68.7 Å². The van der Waals surface area contributed by atoms with Crippen molar-refractivity contribution in [2.45, 2.75) is 33.1 Å². The second kappa shape index (κ2) is 5.56. The minimum atomic E-state index is -0.155. The van der Waals surface area contributed by atoms with Crippen molar-refractivity contribution >= 4 is 23.2 Å². The summed E-state index contributed by atoms with van der Waals surface area (Å²) in [4.78, 5) is 0. The maximum atomic E-state index is 6.68. The zero-order valence-corrected chi connectivity index (χ0v) is 13.2. The van der Waals surface area contributed by atoms with E-state index in [-0.39, 0.29) is 5.38 Å². The molecule has 2 aromatic rings. The molecule has 2 aromatic carbocycles. The van der Waals surface area contributed by atoms with Gasteiger partial charge < -0.3 is 0 Å². The molecule has 0 radical (unpaired) electrons. The molecule has 0 saturated heterocycles. The highest BCUT2D eigenvalue weighted by Crippen LogP contribution is 2.35. The molecular weight excluding hydrogens is 275 g/mol. The zero-order chi connectivity index (χ0) is 14.2. The Balaban J connectivity index is 2.52. The third kappa shape index (κ3) is 3.13. The Morgan fingerprint density at radius 2 is 1.32 bits per heavy atom. The number of hydrogen-bond acceptors (Lipinski definition) is 0. The van der Waals surface area contributed by atoms with Gasteiger partial charge >= 0.3 is 0 Å². The predicted octanol–water partition coefficient (Wildman–Crippen LogP) is 5.90. The second-order valence-electron chi connectivity index (χ2n) is 5.24. The maximum Gasteiger partial charge on any atom is 0.0841 e. The molecule has 1 atom stereocenters. The zero-order valence-electron chi connectivity index (χ0n) is 11.7. The molecule has 0 aliphatic rings. The Labute approximate surface area is 125 Å². The second-order valence-corrected chi connectivity index (χ2v) is 6.11. The van der Waals surface area contributed by atoms with Gasteiger partial charge in [0.1, 0.15) is 0 Å². The molecule has 100 valence electrons. The van der Waals surface area contributed by atoms with Crippen LogP contribution in [0.4, 0.5) is 0 Å². The lowest BCUT2D eigenvalue weighted by atomic mass is 9.93. The first-order valence-corrected chi connectivity index (χ1v) is 7.19. The molecule has 0 spiro atoms. The summed E-state index contributed by atoms with van der Waals surface area (Å²) >= 11 is 12.8. The van der Waals surface area contributed by atoms with Gasteiger partial charge in [0.15, 0.2) is 0 Å². The Kier molecular flexibility index (Phi) is 4.23. The van der Waals surface area contributed by atoms with E-state index in [4.69, 9.17) is 23.2 Å². The molecule has 2 heteroatoms. The fourth-order valence-electron chi connectivity index (χ4n) is 2.67. The molecule has 0 heterocycles. The Morgan fingerprint density at radius 3 is 1.84 bits per heavy atom. The van der Waals surface area contributed by atoms with Crippen LogP contribution in [0.15, 0.2) is 30.3 Å². The minimum absolute atomic E-state index is 0.155. The van der Waals surface area contributed by atoms with E-state index in [1.807, 2.05) is 19.1 Å². The Bertz CT molecular complexity index is 571. The molecule has 1 unspecified atom stereocenters. The average Bonchev–Trinajstić information content (AvgIpc) is 2.25. The monoisotopic (exact) mass is 292 g/mol. The number of hydrogen-bond donors (Lipinski definition) is 0. The summed E-state index contributed by atoms with van der Waals surface area (Å²) in [6.07, 6.45) is 0. The van der Waals surface area contributed by atoms with Crippen LogP contribution >= 0.6 is 23.2 Å². The summed E-state index contributed by atoms with van der Waals surface area (Å²) in [6, 6.07) is 10.3. The molecule has 0 aromatic heterocycles. The van der Waals surface area contributed by atoms with Crippen molar-refractivity contribution in [3.8, 4) is 0 Å². The lowest BCUT2D eigenvalue weighted by Crippen LogP contribution is -2.01. The average molecular weight is 293 g/mol. The largest absolute Gasteiger partial charge is 0.113 e. The predicted molar refractivity (Wildman–Crippen MR) is 84.5 cm³/mol. The van der Waals surface area contributed by atoms with Crippen LogP contribution in [-0.2, 0) is 0 Å². The van der Waals surface area contributed by atoms with Crippen LogP contribution in [0, 0.1) is 27.7 Å². The number of rotatable bonds is 2. The smallest absolute Gasteiger partial charge is 0.0841 e. The highest BCUT2D eigenvalue weighted by molar-refractivity contribution is 6.31. The van der Waals surface area contributed by atoms with E-state index < -0.39 is 0 Å². The van der Waals surface area contributed by atoms with Crippen molar-refractivity contribution in [3.63, 3.8) is 0 Å². The lowest BCUT2D eigenvalue weighted by Gasteiger charge is -2.18. The van der Waals surface area contributed by atoms with Crippen LogP contribution in [-0.4, -0.2) is 0 Å². The minimum Gasteiger partial charge on any atom is -0.113 e. The number of halogens is 2. The third-order valence-electron chi connectivity index (χ3n) is 3.35. The van der Waals surface area contributed by atoms with Crippen molar-refractivity contribution in [1.29, 1.82) is 0 Å². The summed E-state index contributed by atoms with van der Waals surface area (Å²) in [5.74, 6) is 0. The van der Waals surface area contributed by atoms with Crippen LogP contribution in [0.5, 0.6) is 0 Å². The first-order chi connectivity index (χ1) is 8.88. The van der Waals surface area contributed by atoms with Gasteiger partial charge in [0.05, 0.1) is 5.38 Å². The van der Waals surface area contributed by atoms with Gasteiger partial charge in [0.25, 0.3) is 0 Å². The summed E-state index contributed by atoms with van der Waals surface area (Å²) in [5, 5.41) is 0.584. The van der Waals surface area contributed by atoms with Gasteiger partial charge in [-0.1, -0.05) is 35.4 Å². The van der Waals surface area contributed by atoms with Gasteiger partial charge in [0, 0.05) is 5.02 Å². The van der Waals surface area contributed by atoms with Crippen molar-refractivity contribution < 1.29 is 0 Å². The first kappa shape index (κ1) is 14.4. The van der Waals surface area contributed by atoms with Gasteiger partial charge in [0.2, 0.25) is 0 Å². The van der Waals surface area contributed by atoms with Crippen molar-refractivity contribution in [2.75, 3.05) is 0 Å². The van der Waals surface area contributed by atoms with Crippen LogP contribution in [0.2, 0.25) is 5.02 Å². The quantitative estimate of drug-likeness (QED) is 0.604. The van der Waals surface area contributed by atoms with Gasteiger partial charge in [-0.2, -0.15) is 0 Å². The van der Waals surface area contributed by atoms with Crippen LogP contribution in [0.25, 0.3) is 0 Å². The highest BCUT2D eigenvalue weighted by Gasteiger charge is 2.16. The van der Waals surface area contributed by atoms with Crippen LogP contribution in [0.3, 0.4) is 0 Å². The molecule has 0 fully saturated rings. The van der Waals surface area contributed by atoms with E-state index in [2.05, 4.69) is 39.0 Å². The third-order valence-corrected chi connectivity index (χ3v) is 4.04. The van der Waals surface area contributed by atoms with E-state index in [0.29, 0.717) is 0 Å². The van der Waals surface area contributed by atoms with Crippen LogP contribution < -0.4 is 0 Å². The number of benzene rings is 2. The first-order valence-electron chi connectivity index (χ1n) is 6.37. The fourth-order valence-corrected chi connectivity index (χ4v) is 3.44. The SMILES string of the molecule is Cc1cc(Cl)cc(C(Cl)c2c(C)cc(C)cc2C)c1. The molecule has 0 amide bonds. The molecular formula is C17H18Cl2. The lowest BCUT2D eigenvalue weighted by molar-refractivity contribution is 1.07. The van der Waals surface area contributed by atoms with E-state index in [0.717, 1.165) is 16.1 Å². The van der Waals surface area contributed by atoms with Gasteiger partial charge in [-0.05, 0) is 67.6 Å². The van der Waals surface area contributed by atoms with Crippen molar-refractivity contribution in [1.82, 2.24) is 0 Å². The van der Waals surface area contributed by atoms with E-state index in [1.165, 1.54) is 22.3 Å². The summed E-state index contributed by atoms with van der Waals surface area (Å²) in [7, 11) is 0. The molecule has 2 rings (SSSR count).